The summed E-state index contributed by atoms with van der Waals surface area (Å²) in [4.78, 5) is 1.14. The van der Waals surface area contributed by atoms with Gasteiger partial charge < -0.3 is 4.55 Å². The van der Waals surface area contributed by atoms with E-state index in [4.69, 9.17) is 13.0 Å². The van der Waals surface area contributed by atoms with Crippen LogP contribution < -0.4 is 0 Å². The van der Waals surface area contributed by atoms with Crippen LogP contribution in [0.25, 0.3) is 0 Å². The first-order valence-electron chi connectivity index (χ1n) is 7.15. The molecule has 1 aromatic carbocycles. The topological polar surface area (TPSA) is 57.2 Å². The summed E-state index contributed by atoms with van der Waals surface area (Å²) < 4.78 is 84.5. The summed E-state index contributed by atoms with van der Waals surface area (Å²) in [6.45, 7) is 5.60. The first-order chi connectivity index (χ1) is 11.8. The number of benzene rings is 1. The molecule has 0 aromatic heterocycles. The molecule has 26 heavy (non-hydrogen) atoms. The predicted molar refractivity (Wildman–Crippen MR) is 92.0 cm³/mol. The molecule has 3 nitrogen and oxygen atoms in total. The largest absolute Gasteiger partial charge is 0.741 e. The second kappa shape index (κ2) is 10.7. The number of halogens is 5. The van der Waals surface area contributed by atoms with Crippen LogP contribution in [-0.4, -0.2) is 30.5 Å². The first kappa shape index (κ1) is 24.6. The van der Waals surface area contributed by atoms with Crippen molar-refractivity contribution in [3.63, 3.8) is 0 Å². The highest BCUT2D eigenvalue weighted by molar-refractivity contribution is 7.96. The molecule has 10 heteroatoms. The molecule has 0 amide bonds. The zero-order valence-electron chi connectivity index (χ0n) is 14.1. The van der Waals surface area contributed by atoms with Crippen molar-refractivity contribution in [1.29, 1.82) is 0 Å². The fourth-order valence-electron chi connectivity index (χ4n) is 1.61. The molecule has 1 atom stereocenters. The molecule has 0 aliphatic heterocycles. The van der Waals surface area contributed by atoms with Crippen molar-refractivity contribution in [2.24, 2.45) is 0 Å². The van der Waals surface area contributed by atoms with Crippen molar-refractivity contribution in [3.05, 3.63) is 54.1 Å². The van der Waals surface area contributed by atoms with E-state index in [0.717, 1.165) is 4.90 Å². The van der Waals surface area contributed by atoms with Gasteiger partial charge in [0.1, 0.15) is 12.0 Å². The van der Waals surface area contributed by atoms with E-state index in [2.05, 4.69) is 6.58 Å². The van der Waals surface area contributed by atoms with E-state index in [1.807, 2.05) is 37.4 Å². The number of aryl methyl sites for hydroxylation is 1. The molecule has 0 bridgehead atoms. The second-order valence-electron chi connectivity index (χ2n) is 5.19. The fraction of sp³-hybridized carbons (Fsp3) is 0.375. The molecular weight excluding hydrogens is 399 g/mol. The Balaban J connectivity index is 0.000000660. The highest BCUT2D eigenvalue weighted by Gasteiger charge is 2.36. The third kappa shape index (κ3) is 9.35. The summed E-state index contributed by atoms with van der Waals surface area (Å²) in [6, 6.07) is 8.11. The van der Waals surface area contributed by atoms with Crippen LogP contribution >= 0.6 is 0 Å². The van der Waals surface area contributed by atoms with Crippen molar-refractivity contribution in [1.82, 2.24) is 0 Å². The SMILES string of the molecule is C=CCCC(C[S+](C)c1ccc(C)cc1)=C(F)F.O=S(=O)([O-])C(F)(F)F. The minimum Gasteiger partial charge on any atom is -0.741 e. The maximum atomic E-state index is 12.8. The van der Waals surface area contributed by atoms with Crippen LogP contribution in [0, 0.1) is 6.92 Å². The van der Waals surface area contributed by atoms with E-state index < -0.39 is 21.7 Å². The van der Waals surface area contributed by atoms with Gasteiger partial charge in [-0.25, -0.2) is 8.42 Å². The van der Waals surface area contributed by atoms with Crippen LogP contribution in [-0.2, 0) is 21.0 Å². The van der Waals surface area contributed by atoms with Crippen LogP contribution in [0.5, 0.6) is 0 Å². The highest BCUT2D eigenvalue weighted by Crippen LogP contribution is 2.22. The fourth-order valence-corrected chi connectivity index (χ4v) is 3.16. The van der Waals surface area contributed by atoms with Gasteiger partial charge in [-0.1, -0.05) is 23.8 Å². The quantitative estimate of drug-likeness (QED) is 0.220. The lowest BCUT2D eigenvalue weighted by atomic mass is 10.2. The molecule has 0 N–H and O–H groups in total. The van der Waals surface area contributed by atoms with Gasteiger partial charge in [0, 0.05) is 16.5 Å². The van der Waals surface area contributed by atoms with E-state index in [1.165, 1.54) is 5.56 Å². The minimum absolute atomic E-state index is 0.168. The number of hydrogen-bond acceptors (Lipinski definition) is 3. The molecule has 0 saturated heterocycles. The maximum absolute atomic E-state index is 12.8. The summed E-state index contributed by atoms with van der Waals surface area (Å²) in [6.07, 6.45) is 3.19. The van der Waals surface area contributed by atoms with Crippen molar-refractivity contribution in [2.75, 3.05) is 12.0 Å². The molecular formula is C16H19F5O3S2. The van der Waals surface area contributed by atoms with E-state index in [1.54, 1.807) is 6.08 Å². The zero-order chi connectivity index (χ0) is 20.5. The molecule has 0 aliphatic rings. The summed E-state index contributed by atoms with van der Waals surface area (Å²) in [5, 5.41) is 0. The second-order valence-corrected chi connectivity index (χ2v) is 8.59. The predicted octanol–water partition coefficient (Wildman–Crippen LogP) is 4.77. The summed E-state index contributed by atoms with van der Waals surface area (Å²) in [5.74, 6) is 0.444. The van der Waals surface area contributed by atoms with E-state index in [-0.39, 0.29) is 16.5 Å². The Hall–Kier alpha value is -1.39. The average Bonchev–Trinajstić information content (AvgIpc) is 2.50. The van der Waals surface area contributed by atoms with Gasteiger partial charge in [-0.05, 0) is 31.9 Å². The van der Waals surface area contributed by atoms with Crippen LogP contribution in [0.15, 0.2) is 53.5 Å². The molecule has 1 unspecified atom stereocenters. The molecule has 1 rings (SSSR count). The third-order valence-electron chi connectivity index (χ3n) is 3.02. The standard InChI is InChI=1S/C15H19F2S.CHF3O3S/c1-4-5-6-13(15(16)17)11-18(3)14-9-7-12(2)8-10-14;2-1(3,4)8(5,6)7/h4,7-10H,1,5-6,11H2,2-3H3;(H,5,6,7)/q+1;/p-1. The summed E-state index contributed by atoms with van der Waals surface area (Å²) in [5.41, 5.74) is -4.19. The van der Waals surface area contributed by atoms with Crippen LogP contribution in [0.3, 0.4) is 0 Å². The average molecular weight is 418 g/mol. The van der Waals surface area contributed by atoms with Crippen LogP contribution in [0.1, 0.15) is 18.4 Å². The Kier molecular flexibility index (Phi) is 10.1. The van der Waals surface area contributed by atoms with Crippen molar-refractivity contribution in [2.45, 2.75) is 30.2 Å². The van der Waals surface area contributed by atoms with Gasteiger partial charge in [0.2, 0.25) is 0 Å². The summed E-state index contributed by atoms with van der Waals surface area (Å²) in [7, 11) is -6.26. The Morgan fingerprint density at radius 1 is 1.23 bits per heavy atom. The van der Waals surface area contributed by atoms with Crippen molar-refractivity contribution >= 4 is 21.0 Å². The van der Waals surface area contributed by atoms with Crippen LogP contribution in [0.4, 0.5) is 22.0 Å². The van der Waals surface area contributed by atoms with Gasteiger partial charge in [-0.3, -0.25) is 0 Å². The molecule has 0 fully saturated rings. The van der Waals surface area contributed by atoms with E-state index >= 15 is 0 Å². The van der Waals surface area contributed by atoms with Gasteiger partial charge in [0.15, 0.2) is 15.0 Å². The van der Waals surface area contributed by atoms with E-state index in [9.17, 15) is 22.0 Å². The monoisotopic (exact) mass is 418 g/mol. The lowest BCUT2D eigenvalue weighted by Crippen LogP contribution is -2.21. The smallest absolute Gasteiger partial charge is 0.485 e. The van der Waals surface area contributed by atoms with Gasteiger partial charge in [-0.15, -0.1) is 6.58 Å². The Bertz CT molecular complexity index is 706. The molecule has 148 valence electrons. The van der Waals surface area contributed by atoms with Gasteiger partial charge in [0.05, 0.1) is 0 Å². The Morgan fingerprint density at radius 3 is 2.04 bits per heavy atom. The number of allylic oxidation sites excluding steroid dienone is 1. The highest BCUT2D eigenvalue weighted by atomic mass is 32.2. The third-order valence-corrected chi connectivity index (χ3v) is 5.44. The normalized spacial score (nSPS) is 12.6. The Morgan fingerprint density at radius 2 is 1.69 bits per heavy atom. The molecule has 0 saturated carbocycles. The number of hydrogen-bond donors (Lipinski definition) is 0. The molecule has 1 aromatic rings. The van der Waals surface area contributed by atoms with Gasteiger partial charge in [0.25, 0.3) is 6.08 Å². The van der Waals surface area contributed by atoms with Gasteiger partial charge >= 0.3 is 5.51 Å². The van der Waals surface area contributed by atoms with Crippen molar-refractivity contribution < 1.29 is 34.9 Å². The zero-order valence-corrected chi connectivity index (χ0v) is 15.8. The lowest BCUT2D eigenvalue weighted by molar-refractivity contribution is -0.0517. The number of rotatable bonds is 6. The van der Waals surface area contributed by atoms with E-state index in [0.29, 0.717) is 18.6 Å². The molecule has 0 heterocycles. The maximum Gasteiger partial charge on any atom is 0.485 e. The lowest BCUT2D eigenvalue weighted by Gasteiger charge is -2.08. The molecule has 0 spiro atoms. The molecule has 0 aliphatic carbocycles. The van der Waals surface area contributed by atoms with Gasteiger partial charge in [-0.2, -0.15) is 22.0 Å². The van der Waals surface area contributed by atoms with Crippen molar-refractivity contribution in [3.8, 4) is 0 Å². The minimum atomic E-state index is -6.09. The summed E-state index contributed by atoms with van der Waals surface area (Å²) >= 11 is 0. The first-order valence-corrected chi connectivity index (χ1v) is 10.4. The molecule has 0 radical (unpaired) electrons. The number of alkyl halides is 3. The Labute approximate surface area is 152 Å². The van der Waals surface area contributed by atoms with Crippen LogP contribution in [0.2, 0.25) is 0 Å².